The molecule has 1 aliphatic carbocycles. The number of aryl methyl sites for hydroxylation is 1. The maximum atomic E-state index is 13.8. The van der Waals surface area contributed by atoms with E-state index in [0.29, 0.717) is 48.3 Å². The summed E-state index contributed by atoms with van der Waals surface area (Å²) >= 11 is 0. The Kier molecular flexibility index (Phi) is 9.73. The molecule has 0 bridgehead atoms. The van der Waals surface area contributed by atoms with E-state index in [9.17, 15) is 14.4 Å². The van der Waals surface area contributed by atoms with Gasteiger partial charge < -0.3 is 9.47 Å². The number of rotatable bonds is 12. The van der Waals surface area contributed by atoms with Gasteiger partial charge in [0, 0.05) is 26.0 Å². The Labute approximate surface area is 259 Å². The molecule has 1 saturated carbocycles. The summed E-state index contributed by atoms with van der Waals surface area (Å²) in [6.07, 6.45) is 1.92. The highest BCUT2D eigenvalue weighted by Gasteiger charge is 2.46. The van der Waals surface area contributed by atoms with Crippen LogP contribution in [0.5, 0.6) is 5.75 Å². The summed E-state index contributed by atoms with van der Waals surface area (Å²) in [5.41, 5.74) is 2.97. The second kappa shape index (κ2) is 13.7. The van der Waals surface area contributed by atoms with Gasteiger partial charge in [0.05, 0.1) is 31.1 Å². The van der Waals surface area contributed by atoms with Crippen molar-refractivity contribution in [2.45, 2.75) is 58.4 Å². The Morgan fingerprint density at radius 3 is 2.43 bits per heavy atom. The molecule has 0 saturated heterocycles. The molecular formula is C35H41N3O5Si. The Balaban J connectivity index is 1.32. The number of carbonyl (C=O) groups is 2. The van der Waals surface area contributed by atoms with Gasteiger partial charge in [0.25, 0.3) is 5.56 Å². The summed E-state index contributed by atoms with van der Waals surface area (Å²) in [5.74, 6) is -1.28. The van der Waals surface area contributed by atoms with Crippen molar-refractivity contribution in [2.75, 3.05) is 13.2 Å². The maximum absolute atomic E-state index is 13.8. The Bertz CT molecular complexity index is 1660. The molecule has 1 fully saturated rings. The van der Waals surface area contributed by atoms with E-state index in [4.69, 9.17) is 9.47 Å². The van der Waals surface area contributed by atoms with Gasteiger partial charge in [-0.2, -0.15) is 0 Å². The minimum Gasteiger partial charge on any atom is -0.493 e. The third-order valence-corrected chi connectivity index (χ3v) is 10.1. The average Bonchev–Trinajstić information content (AvgIpc) is 3.42. The van der Waals surface area contributed by atoms with Crippen LogP contribution in [0.2, 0.25) is 25.7 Å². The molecule has 8 nitrogen and oxygen atoms in total. The molecule has 0 amide bonds. The molecule has 1 aromatic heterocycles. The summed E-state index contributed by atoms with van der Waals surface area (Å²) in [4.78, 5) is 40.8. The summed E-state index contributed by atoms with van der Waals surface area (Å²) < 4.78 is 13.0. The lowest BCUT2D eigenvalue weighted by Crippen LogP contribution is -2.36. The normalized spacial score (nSPS) is 18.3. The number of Topliss-reactive ketones (excluding diaryl/α,β-unsaturated/α-hetero) is 1. The van der Waals surface area contributed by atoms with Crippen LogP contribution in [0.1, 0.15) is 34.3 Å². The van der Waals surface area contributed by atoms with Crippen molar-refractivity contribution in [3.05, 3.63) is 99.8 Å². The van der Waals surface area contributed by atoms with Crippen LogP contribution < -0.4 is 10.3 Å². The first-order chi connectivity index (χ1) is 21.1. The topological polar surface area (TPSA) is 100 Å². The predicted octanol–water partition coefficient (Wildman–Crippen LogP) is 6.13. The van der Waals surface area contributed by atoms with E-state index in [1.165, 1.54) is 10.2 Å². The molecule has 3 aromatic carbocycles. The molecule has 0 aliphatic heterocycles. The number of hydrogen-bond donors (Lipinski definition) is 0. The number of esters is 1. The molecule has 1 heterocycles. The lowest BCUT2D eigenvalue weighted by molar-refractivity contribution is -0.150. The van der Waals surface area contributed by atoms with E-state index < -0.39 is 19.9 Å². The minimum absolute atomic E-state index is 0.0944. The van der Waals surface area contributed by atoms with Gasteiger partial charge in [-0.1, -0.05) is 66.8 Å². The van der Waals surface area contributed by atoms with Crippen LogP contribution in [0.3, 0.4) is 0 Å². The molecule has 44 heavy (non-hydrogen) atoms. The zero-order valence-corrected chi connectivity index (χ0v) is 27.0. The van der Waals surface area contributed by atoms with Crippen LogP contribution in [-0.4, -0.2) is 48.0 Å². The molecule has 0 unspecified atom stereocenters. The van der Waals surface area contributed by atoms with Crippen molar-refractivity contribution in [1.29, 1.82) is 0 Å². The van der Waals surface area contributed by atoms with E-state index in [1.54, 1.807) is 36.4 Å². The van der Waals surface area contributed by atoms with Gasteiger partial charge in [-0.15, -0.1) is 5.10 Å². The average molecular weight is 612 g/mol. The molecule has 0 radical (unpaired) electrons. The number of aromatic nitrogens is 3. The van der Waals surface area contributed by atoms with E-state index in [1.807, 2.05) is 31.2 Å². The van der Waals surface area contributed by atoms with Crippen LogP contribution in [0.15, 0.2) is 77.6 Å². The van der Waals surface area contributed by atoms with Crippen LogP contribution >= 0.6 is 0 Å². The maximum Gasteiger partial charge on any atom is 0.310 e. The first kappa shape index (κ1) is 31.3. The highest BCUT2D eigenvalue weighted by Crippen LogP contribution is 2.41. The standard InChI is InChI=1S/C35H41N3O5Si/c1-24-10-17-31-30(22-24)34(40)38(37-36-31)23-27-13-16-29(32(27)35(41)43-20-21-44(2,3)4)33(39)26-11-14-28(15-12-26)42-19-18-25-8-6-5-7-9-25/h5-12,14-15,17,22,27,29,32H,13,16,18-21,23H2,1-4H3/t27-,29-,32-/m0/s1. The van der Waals surface area contributed by atoms with Gasteiger partial charge in [0.2, 0.25) is 0 Å². The molecule has 0 spiro atoms. The zero-order chi connectivity index (χ0) is 31.3. The summed E-state index contributed by atoms with van der Waals surface area (Å²) in [6.45, 7) is 9.67. The van der Waals surface area contributed by atoms with Gasteiger partial charge in [-0.25, -0.2) is 4.68 Å². The van der Waals surface area contributed by atoms with Crippen molar-refractivity contribution in [3.8, 4) is 5.75 Å². The third kappa shape index (κ3) is 7.69. The second-order valence-corrected chi connectivity index (χ2v) is 18.6. The van der Waals surface area contributed by atoms with Gasteiger partial charge in [-0.05, 0) is 73.7 Å². The Morgan fingerprint density at radius 1 is 0.955 bits per heavy atom. The van der Waals surface area contributed by atoms with Crippen molar-refractivity contribution in [1.82, 2.24) is 15.0 Å². The van der Waals surface area contributed by atoms with E-state index >= 15 is 0 Å². The molecular weight excluding hydrogens is 570 g/mol. The monoisotopic (exact) mass is 611 g/mol. The van der Waals surface area contributed by atoms with Crippen molar-refractivity contribution in [3.63, 3.8) is 0 Å². The van der Waals surface area contributed by atoms with Crippen LogP contribution in [0, 0.1) is 24.7 Å². The highest BCUT2D eigenvalue weighted by molar-refractivity contribution is 6.76. The Morgan fingerprint density at radius 2 is 1.70 bits per heavy atom. The third-order valence-electron chi connectivity index (χ3n) is 8.42. The molecule has 5 rings (SSSR count). The fourth-order valence-electron chi connectivity index (χ4n) is 5.88. The van der Waals surface area contributed by atoms with Crippen LogP contribution in [0.4, 0.5) is 0 Å². The smallest absolute Gasteiger partial charge is 0.310 e. The van der Waals surface area contributed by atoms with Gasteiger partial charge in [0.1, 0.15) is 11.3 Å². The lowest BCUT2D eigenvalue weighted by atomic mass is 9.84. The molecule has 9 heteroatoms. The van der Waals surface area contributed by atoms with Crippen molar-refractivity contribution >= 4 is 30.7 Å². The summed E-state index contributed by atoms with van der Waals surface area (Å²) in [7, 11) is -1.43. The SMILES string of the molecule is Cc1ccc2nnn(C[C@@H]3CC[C@H](C(=O)c4ccc(OCCc5ccccc5)cc4)[C@H]3C(=O)OCC[Si](C)(C)C)c(=O)c2c1. The zero-order valence-electron chi connectivity index (χ0n) is 26.0. The molecule has 0 N–H and O–H groups in total. The van der Waals surface area contributed by atoms with Gasteiger partial charge >= 0.3 is 5.97 Å². The van der Waals surface area contributed by atoms with E-state index in [-0.39, 0.29) is 29.8 Å². The molecule has 1 aliphatic rings. The van der Waals surface area contributed by atoms with Crippen molar-refractivity contribution in [2.24, 2.45) is 17.8 Å². The number of carbonyl (C=O) groups excluding carboxylic acids is 2. The largest absolute Gasteiger partial charge is 0.493 e. The van der Waals surface area contributed by atoms with Crippen LogP contribution in [-0.2, 0) is 22.5 Å². The van der Waals surface area contributed by atoms with E-state index in [0.717, 1.165) is 18.0 Å². The molecule has 230 valence electrons. The fraction of sp³-hybridized carbons (Fsp3) is 0.400. The molecule has 4 aromatic rings. The first-order valence-electron chi connectivity index (χ1n) is 15.4. The minimum atomic E-state index is -1.43. The number of ether oxygens (including phenoxy) is 2. The van der Waals surface area contributed by atoms with Crippen LogP contribution in [0.25, 0.3) is 10.9 Å². The van der Waals surface area contributed by atoms with Crippen molar-refractivity contribution < 1.29 is 19.1 Å². The number of hydrogen-bond acceptors (Lipinski definition) is 7. The quantitative estimate of drug-likeness (QED) is 0.108. The summed E-state index contributed by atoms with van der Waals surface area (Å²) in [6, 6.07) is 23.6. The Hall–Kier alpha value is -4.11. The highest BCUT2D eigenvalue weighted by atomic mass is 28.3. The number of nitrogens with zero attached hydrogens (tertiary/aromatic N) is 3. The van der Waals surface area contributed by atoms with E-state index in [2.05, 4.69) is 42.1 Å². The van der Waals surface area contributed by atoms with Gasteiger partial charge in [-0.3, -0.25) is 14.4 Å². The number of ketones is 1. The predicted molar refractivity (Wildman–Crippen MR) is 174 cm³/mol. The first-order valence-corrected chi connectivity index (χ1v) is 19.1. The number of benzene rings is 3. The fourth-order valence-corrected chi connectivity index (χ4v) is 6.60. The second-order valence-electron chi connectivity index (χ2n) is 13.0. The van der Waals surface area contributed by atoms with Gasteiger partial charge in [0.15, 0.2) is 5.78 Å². The number of fused-ring (bicyclic) bond motifs is 1. The lowest BCUT2D eigenvalue weighted by Gasteiger charge is -2.24. The molecule has 3 atom stereocenters. The summed E-state index contributed by atoms with van der Waals surface area (Å²) in [5, 5.41) is 8.91.